The van der Waals surface area contributed by atoms with Crippen LogP contribution < -0.4 is 19.7 Å². The lowest BCUT2D eigenvalue weighted by molar-refractivity contribution is -0.119. The van der Waals surface area contributed by atoms with Crippen LogP contribution >= 0.6 is 15.9 Å². The number of carbonyl (C=O) groups is 2. The van der Waals surface area contributed by atoms with E-state index >= 15 is 0 Å². The Bertz CT molecular complexity index is 929. The van der Waals surface area contributed by atoms with Crippen molar-refractivity contribution in [2.45, 2.75) is 32.2 Å². The zero-order valence-electron chi connectivity index (χ0n) is 16.2. The maximum absolute atomic E-state index is 12.7. The summed E-state index contributed by atoms with van der Waals surface area (Å²) in [6.07, 6.45) is 2.54. The van der Waals surface area contributed by atoms with Crippen molar-refractivity contribution >= 4 is 33.4 Å². The van der Waals surface area contributed by atoms with Gasteiger partial charge in [0.1, 0.15) is 13.2 Å². The number of nitrogens with zero attached hydrogens (tertiary/aromatic N) is 1. The second-order valence-corrected chi connectivity index (χ2v) is 8.12. The molecule has 2 aliphatic rings. The number of hydrogen-bond donors (Lipinski definition) is 1. The Balaban J connectivity index is 1.45. The summed E-state index contributed by atoms with van der Waals surface area (Å²) < 4.78 is 12.1. The van der Waals surface area contributed by atoms with E-state index in [4.69, 9.17) is 9.47 Å². The fourth-order valence-electron chi connectivity index (χ4n) is 3.64. The van der Waals surface area contributed by atoms with Crippen LogP contribution in [0.3, 0.4) is 0 Å². The maximum Gasteiger partial charge on any atom is 0.251 e. The van der Waals surface area contributed by atoms with Crippen LogP contribution in [0.4, 0.5) is 5.69 Å². The van der Waals surface area contributed by atoms with Gasteiger partial charge in [-0.1, -0.05) is 15.9 Å². The van der Waals surface area contributed by atoms with E-state index in [2.05, 4.69) is 21.2 Å². The molecule has 0 bridgehead atoms. The fourth-order valence-corrected chi connectivity index (χ4v) is 4.31. The van der Waals surface area contributed by atoms with Crippen LogP contribution in [0.25, 0.3) is 0 Å². The third kappa shape index (κ3) is 4.24. The average Bonchev–Trinajstić information content (AvgIpc) is 2.73. The Kier molecular flexibility index (Phi) is 5.76. The lowest BCUT2D eigenvalue weighted by Gasteiger charge is -2.27. The van der Waals surface area contributed by atoms with Gasteiger partial charge in [0, 0.05) is 28.7 Å². The van der Waals surface area contributed by atoms with Crippen LogP contribution in [0.15, 0.2) is 40.9 Å². The van der Waals surface area contributed by atoms with Gasteiger partial charge >= 0.3 is 0 Å². The highest BCUT2D eigenvalue weighted by molar-refractivity contribution is 9.10. The topological polar surface area (TPSA) is 67.9 Å². The van der Waals surface area contributed by atoms with E-state index in [9.17, 15) is 9.59 Å². The molecular weight excluding hydrogens is 436 g/mol. The highest BCUT2D eigenvalue weighted by atomic mass is 79.9. The van der Waals surface area contributed by atoms with E-state index in [1.807, 2.05) is 31.2 Å². The molecular formula is C22H23BrN2O4. The number of anilines is 1. The molecule has 1 fully saturated rings. The van der Waals surface area contributed by atoms with Gasteiger partial charge < -0.3 is 19.7 Å². The zero-order chi connectivity index (χ0) is 20.4. The number of benzene rings is 2. The molecule has 1 N–H and O–H groups in total. The van der Waals surface area contributed by atoms with Gasteiger partial charge in [-0.05, 0) is 61.7 Å². The minimum atomic E-state index is -0.226. The van der Waals surface area contributed by atoms with Crippen molar-refractivity contribution in [1.82, 2.24) is 5.32 Å². The van der Waals surface area contributed by atoms with Gasteiger partial charge in [0.2, 0.25) is 5.91 Å². The first-order valence-electron chi connectivity index (χ1n) is 9.83. The van der Waals surface area contributed by atoms with Gasteiger partial charge in [-0.15, -0.1) is 0 Å². The summed E-state index contributed by atoms with van der Waals surface area (Å²) >= 11 is 3.56. The quantitative estimate of drug-likeness (QED) is 0.744. The number of piperidine rings is 1. The van der Waals surface area contributed by atoms with E-state index in [-0.39, 0.29) is 17.9 Å². The van der Waals surface area contributed by atoms with Crippen LogP contribution in [-0.2, 0) is 4.79 Å². The monoisotopic (exact) mass is 458 g/mol. The van der Waals surface area contributed by atoms with Crippen LogP contribution in [0.5, 0.6) is 11.5 Å². The molecule has 4 rings (SSSR count). The number of hydrogen-bond acceptors (Lipinski definition) is 4. The predicted molar refractivity (Wildman–Crippen MR) is 114 cm³/mol. The first-order valence-corrected chi connectivity index (χ1v) is 10.6. The van der Waals surface area contributed by atoms with E-state index in [0.29, 0.717) is 36.7 Å². The van der Waals surface area contributed by atoms with Crippen molar-refractivity contribution in [2.75, 3.05) is 24.7 Å². The zero-order valence-corrected chi connectivity index (χ0v) is 17.8. The number of fused-ring (bicyclic) bond motifs is 1. The standard InChI is InChI=1S/C22H23BrN2O4/c1-14(17-12-19-20(13-18(17)23)29-11-10-28-19)24-22(27)15-5-7-16(8-6-15)25-9-3-2-4-21(25)26/h5-8,12-14H,2-4,9-11H2,1H3,(H,24,27). The highest BCUT2D eigenvalue weighted by Crippen LogP contribution is 2.37. The van der Waals surface area contributed by atoms with Crippen molar-refractivity contribution in [3.05, 3.63) is 52.0 Å². The third-order valence-corrected chi connectivity index (χ3v) is 5.93. The summed E-state index contributed by atoms with van der Waals surface area (Å²) in [4.78, 5) is 26.6. The normalized spacial score (nSPS) is 17.0. The molecule has 152 valence electrons. The Morgan fingerprint density at radius 1 is 1.10 bits per heavy atom. The summed E-state index contributed by atoms with van der Waals surface area (Å²) in [5, 5.41) is 3.02. The molecule has 1 saturated heterocycles. The molecule has 0 aromatic heterocycles. The number of amides is 2. The van der Waals surface area contributed by atoms with E-state index < -0.39 is 0 Å². The van der Waals surface area contributed by atoms with Crippen molar-refractivity contribution < 1.29 is 19.1 Å². The fraction of sp³-hybridized carbons (Fsp3) is 0.364. The maximum atomic E-state index is 12.7. The number of carbonyl (C=O) groups excluding carboxylic acids is 2. The van der Waals surface area contributed by atoms with Gasteiger partial charge in [-0.3, -0.25) is 9.59 Å². The predicted octanol–water partition coefficient (Wildman–Crippen LogP) is 4.23. The summed E-state index contributed by atoms with van der Waals surface area (Å²) in [7, 11) is 0. The van der Waals surface area contributed by atoms with E-state index in [0.717, 1.165) is 35.1 Å². The molecule has 6 nitrogen and oxygen atoms in total. The lowest BCUT2D eigenvalue weighted by Crippen LogP contribution is -2.35. The second kappa shape index (κ2) is 8.45. The minimum Gasteiger partial charge on any atom is -0.486 e. The van der Waals surface area contributed by atoms with Gasteiger partial charge in [0.15, 0.2) is 11.5 Å². The van der Waals surface area contributed by atoms with Gasteiger partial charge in [-0.25, -0.2) is 0 Å². The Morgan fingerprint density at radius 3 is 2.48 bits per heavy atom. The molecule has 0 aliphatic carbocycles. The number of ether oxygens (including phenoxy) is 2. The molecule has 1 atom stereocenters. The SMILES string of the molecule is CC(NC(=O)c1ccc(N2CCCCC2=O)cc1)c1cc2c(cc1Br)OCCO2. The second-order valence-electron chi connectivity index (χ2n) is 7.26. The van der Waals surface area contributed by atoms with Crippen molar-refractivity contribution in [1.29, 1.82) is 0 Å². The summed E-state index contributed by atoms with van der Waals surface area (Å²) in [6, 6.07) is 10.7. The molecule has 2 aromatic rings. The van der Waals surface area contributed by atoms with Crippen LogP contribution in [0, 0.1) is 0 Å². The van der Waals surface area contributed by atoms with Crippen molar-refractivity contribution in [3.8, 4) is 11.5 Å². The largest absolute Gasteiger partial charge is 0.486 e. The van der Waals surface area contributed by atoms with Crippen LogP contribution in [0.1, 0.15) is 48.1 Å². The highest BCUT2D eigenvalue weighted by Gasteiger charge is 2.21. The molecule has 0 saturated carbocycles. The van der Waals surface area contributed by atoms with Gasteiger partial charge in [0.25, 0.3) is 5.91 Å². The minimum absolute atomic E-state index is 0.144. The molecule has 0 radical (unpaired) electrons. The number of halogens is 1. The molecule has 2 amide bonds. The Hall–Kier alpha value is -2.54. The van der Waals surface area contributed by atoms with E-state index in [1.54, 1.807) is 17.0 Å². The molecule has 2 aromatic carbocycles. The molecule has 2 heterocycles. The number of nitrogens with one attached hydrogen (secondary N) is 1. The molecule has 7 heteroatoms. The molecule has 1 unspecified atom stereocenters. The first-order chi connectivity index (χ1) is 14.0. The smallest absolute Gasteiger partial charge is 0.251 e. The van der Waals surface area contributed by atoms with Gasteiger partial charge in [-0.2, -0.15) is 0 Å². The van der Waals surface area contributed by atoms with Gasteiger partial charge in [0.05, 0.1) is 6.04 Å². The first kappa shape index (κ1) is 19.8. The van der Waals surface area contributed by atoms with E-state index in [1.165, 1.54) is 0 Å². The molecule has 29 heavy (non-hydrogen) atoms. The summed E-state index contributed by atoms with van der Waals surface area (Å²) in [5.41, 5.74) is 2.31. The molecule has 0 spiro atoms. The number of rotatable bonds is 4. The van der Waals surface area contributed by atoms with Crippen LogP contribution in [0.2, 0.25) is 0 Å². The van der Waals surface area contributed by atoms with Crippen molar-refractivity contribution in [3.63, 3.8) is 0 Å². The summed E-state index contributed by atoms with van der Waals surface area (Å²) in [5.74, 6) is 1.36. The third-order valence-electron chi connectivity index (χ3n) is 5.24. The Labute approximate surface area is 178 Å². The average molecular weight is 459 g/mol. The van der Waals surface area contributed by atoms with Crippen molar-refractivity contribution in [2.24, 2.45) is 0 Å². The molecule has 2 aliphatic heterocycles. The lowest BCUT2D eigenvalue weighted by atomic mass is 10.1. The summed E-state index contributed by atoms with van der Waals surface area (Å²) in [6.45, 7) is 3.71. The Morgan fingerprint density at radius 2 is 1.79 bits per heavy atom. The van der Waals surface area contributed by atoms with Crippen LogP contribution in [-0.4, -0.2) is 31.6 Å².